The molecule has 1 aliphatic heterocycles. The van der Waals surface area contributed by atoms with Crippen molar-refractivity contribution in [2.24, 2.45) is 5.14 Å². The number of rotatable bonds is 4. The third-order valence-electron chi connectivity index (χ3n) is 4.43. The lowest BCUT2D eigenvalue weighted by molar-refractivity contribution is -0.144. The van der Waals surface area contributed by atoms with Gasteiger partial charge in [-0.2, -0.15) is 0 Å². The molecule has 148 valence electrons. The maximum absolute atomic E-state index is 12.5. The third-order valence-corrected chi connectivity index (χ3v) is 5.34. The maximum atomic E-state index is 12.5. The monoisotopic (exact) mass is 397 g/mol. The van der Waals surface area contributed by atoms with Crippen molar-refractivity contribution in [1.82, 2.24) is 9.80 Å². The first kappa shape index (κ1) is 20.8. The Morgan fingerprint density at radius 2 is 1.67 bits per heavy atom. The van der Waals surface area contributed by atoms with E-state index in [9.17, 15) is 22.8 Å². The zero-order chi connectivity index (χ0) is 20.4. The van der Waals surface area contributed by atoms with Crippen molar-refractivity contribution in [2.75, 3.05) is 26.2 Å². The standard InChI is InChI=1S/C17H23N3O6S/c1-11-4-5-14(27(18,24)25)10-15(11)17(23)26-12(2)16(22)20-8-6-19(7-9-20)13(3)21/h4-5,10,12H,6-9H2,1-3H3,(H2,18,24,25). The zero-order valence-corrected chi connectivity index (χ0v) is 16.3. The van der Waals surface area contributed by atoms with Crippen LogP contribution in [0.5, 0.6) is 0 Å². The topological polar surface area (TPSA) is 127 Å². The van der Waals surface area contributed by atoms with Gasteiger partial charge in [0.05, 0.1) is 10.5 Å². The van der Waals surface area contributed by atoms with Crippen molar-refractivity contribution < 1.29 is 27.5 Å². The average Bonchev–Trinajstić information content (AvgIpc) is 2.60. The lowest BCUT2D eigenvalue weighted by Crippen LogP contribution is -2.52. The summed E-state index contributed by atoms with van der Waals surface area (Å²) in [5, 5.41) is 5.09. The van der Waals surface area contributed by atoms with E-state index in [0.717, 1.165) is 6.07 Å². The highest BCUT2D eigenvalue weighted by molar-refractivity contribution is 7.89. The van der Waals surface area contributed by atoms with Gasteiger partial charge in [-0.05, 0) is 31.5 Å². The van der Waals surface area contributed by atoms with E-state index < -0.39 is 22.1 Å². The second-order valence-corrected chi connectivity index (χ2v) is 7.96. The number of primary sulfonamides is 1. The number of hydrogen-bond donors (Lipinski definition) is 1. The lowest BCUT2D eigenvalue weighted by Gasteiger charge is -2.35. The molecule has 1 aromatic carbocycles. The Hall–Kier alpha value is -2.46. The number of carbonyl (C=O) groups excluding carboxylic acids is 3. The molecule has 0 aliphatic carbocycles. The van der Waals surface area contributed by atoms with E-state index in [-0.39, 0.29) is 22.3 Å². The Morgan fingerprint density at radius 3 is 2.19 bits per heavy atom. The van der Waals surface area contributed by atoms with Crippen LogP contribution in [0.3, 0.4) is 0 Å². The number of aryl methyl sites for hydroxylation is 1. The molecule has 9 nitrogen and oxygen atoms in total. The molecule has 1 aromatic rings. The summed E-state index contributed by atoms with van der Waals surface area (Å²) in [5.74, 6) is -1.22. The maximum Gasteiger partial charge on any atom is 0.339 e. The molecule has 1 heterocycles. The Kier molecular flexibility index (Phi) is 6.22. The summed E-state index contributed by atoms with van der Waals surface area (Å²) in [4.78, 5) is 39.2. The van der Waals surface area contributed by atoms with Crippen LogP contribution in [0.25, 0.3) is 0 Å². The van der Waals surface area contributed by atoms with Crippen molar-refractivity contribution in [3.63, 3.8) is 0 Å². The van der Waals surface area contributed by atoms with E-state index in [4.69, 9.17) is 9.88 Å². The number of nitrogens with zero attached hydrogens (tertiary/aromatic N) is 2. The van der Waals surface area contributed by atoms with Crippen LogP contribution in [0.2, 0.25) is 0 Å². The van der Waals surface area contributed by atoms with Crippen LogP contribution in [-0.4, -0.2) is 68.3 Å². The predicted molar refractivity (Wildman–Crippen MR) is 96.3 cm³/mol. The minimum atomic E-state index is -3.96. The second kappa shape index (κ2) is 8.05. The fourth-order valence-corrected chi connectivity index (χ4v) is 3.31. The number of ether oxygens (including phenoxy) is 1. The SMILES string of the molecule is CC(=O)N1CCN(C(=O)C(C)OC(=O)c2cc(S(N)(=O)=O)ccc2C)CC1. The van der Waals surface area contributed by atoms with Crippen LogP contribution in [0, 0.1) is 6.92 Å². The van der Waals surface area contributed by atoms with Crippen molar-refractivity contribution in [1.29, 1.82) is 0 Å². The van der Waals surface area contributed by atoms with E-state index in [1.807, 2.05) is 0 Å². The van der Waals surface area contributed by atoms with Crippen molar-refractivity contribution in [3.8, 4) is 0 Å². The van der Waals surface area contributed by atoms with Gasteiger partial charge in [0.2, 0.25) is 15.9 Å². The quantitative estimate of drug-likeness (QED) is 0.706. The summed E-state index contributed by atoms with van der Waals surface area (Å²) in [6, 6.07) is 3.88. The summed E-state index contributed by atoms with van der Waals surface area (Å²) in [7, 11) is -3.96. The van der Waals surface area contributed by atoms with E-state index in [1.54, 1.807) is 11.8 Å². The number of hydrogen-bond acceptors (Lipinski definition) is 6. The number of sulfonamides is 1. The minimum absolute atomic E-state index is 0.0302. The zero-order valence-electron chi connectivity index (χ0n) is 15.5. The molecule has 2 rings (SSSR count). The predicted octanol–water partition coefficient (Wildman–Crippen LogP) is -0.122. The number of amides is 2. The molecule has 1 saturated heterocycles. The van der Waals surface area contributed by atoms with Gasteiger partial charge in [0, 0.05) is 33.1 Å². The Balaban J connectivity index is 2.05. The van der Waals surface area contributed by atoms with E-state index in [2.05, 4.69) is 0 Å². The molecule has 2 N–H and O–H groups in total. The van der Waals surface area contributed by atoms with E-state index in [0.29, 0.717) is 31.7 Å². The highest BCUT2D eigenvalue weighted by Crippen LogP contribution is 2.17. The van der Waals surface area contributed by atoms with Crippen LogP contribution in [0.4, 0.5) is 0 Å². The van der Waals surface area contributed by atoms with Crippen molar-refractivity contribution in [3.05, 3.63) is 29.3 Å². The van der Waals surface area contributed by atoms with E-state index >= 15 is 0 Å². The van der Waals surface area contributed by atoms with Gasteiger partial charge in [-0.3, -0.25) is 9.59 Å². The smallest absolute Gasteiger partial charge is 0.339 e. The summed E-state index contributed by atoms with van der Waals surface area (Å²) >= 11 is 0. The number of carbonyl (C=O) groups is 3. The number of piperazine rings is 1. The largest absolute Gasteiger partial charge is 0.449 e. The molecule has 0 radical (unpaired) electrons. The Bertz CT molecular complexity index is 859. The average molecular weight is 397 g/mol. The van der Waals surface area contributed by atoms with E-state index in [1.165, 1.54) is 30.9 Å². The van der Waals surface area contributed by atoms with Gasteiger partial charge in [-0.25, -0.2) is 18.4 Å². The molecule has 0 bridgehead atoms. The third kappa shape index (κ3) is 5.04. The summed E-state index contributed by atoms with van der Waals surface area (Å²) in [6.07, 6.45) is -1.04. The summed E-state index contributed by atoms with van der Waals surface area (Å²) in [5.41, 5.74) is 0.532. The fraction of sp³-hybridized carbons (Fsp3) is 0.471. The van der Waals surface area contributed by atoms with Crippen LogP contribution >= 0.6 is 0 Å². The first-order valence-electron chi connectivity index (χ1n) is 8.39. The van der Waals surface area contributed by atoms with Crippen molar-refractivity contribution in [2.45, 2.75) is 31.8 Å². The number of esters is 1. The highest BCUT2D eigenvalue weighted by Gasteiger charge is 2.28. The molecule has 0 aromatic heterocycles. The molecule has 10 heteroatoms. The molecule has 1 fully saturated rings. The highest BCUT2D eigenvalue weighted by atomic mass is 32.2. The normalized spacial score (nSPS) is 16.0. The summed E-state index contributed by atoms with van der Waals surface area (Å²) in [6.45, 7) is 6.13. The molecule has 0 spiro atoms. The Morgan fingerprint density at radius 1 is 1.11 bits per heavy atom. The summed E-state index contributed by atoms with van der Waals surface area (Å²) < 4.78 is 28.2. The molecular formula is C17H23N3O6S. The Labute approximate surface area is 158 Å². The van der Waals surface area contributed by atoms with Gasteiger partial charge in [0.15, 0.2) is 6.10 Å². The van der Waals surface area contributed by atoms with Gasteiger partial charge in [0.1, 0.15) is 0 Å². The fourth-order valence-electron chi connectivity index (χ4n) is 2.77. The first-order chi connectivity index (χ1) is 12.5. The van der Waals surface area contributed by atoms with Gasteiger partial charge < -0.3 is 14.5 Å². The second-order valence-electron chi connectivity index (χ2n) is 6.40. The van der Waals surface area contributed by atoms with Crippen LogP contribution < -0.4 is 5.14 Å². The molecule has 1 atom stereocenters. The van der Waals surface area contributed by atoms with Gasteiger partial charge in [-0.15, -0.1) is 0 Å². The molecular weight excluding hydrogens is 374 g/mol. The molecule has 0 saturated carbocycles. The first-order valence-corrected chi connectivity index (χ1v) is 9.94. The molecule has 1 aliphatic rings. The number of benzene rings is 1. The van der Waals surface area contributed by atoms with Gasteiger partial charge >= 0.3 is 5.97 Å². The number of nitrogens with two attached hydrogens (primary N) is 1. The van der Waals surface area contributed by atoms with Gasteiger partial charge in [0.25, 0.3) is 5.91 Å². The van der Waals surface area contributed by atoms with Crippen molar-refractivity contribution >= 4 is 27.8 Å². The molecule has 2 amide bonds. The van der Waals surface area contributed by atoms with Crippen LogP contribution in [-0.2, 0) is 24.3 Å². The lowest BCUT2D eigenvalue weighted by atomic mass is 10.1. The minimum Gasteiger partial charge on any atom is -0.449 e. The van der Waals surface area contributed by atoms with Gasteiger partial charge in [-0.1, -0.05) is 6.07 Å². The molecule has 27 heavy (non-hydrogen) atoms. The van der Waals surface area contributed by atoms with Crippen LogP contribution in [0.1, 0.15) is 29.8 Å². The molecule has 1 unspecified atom stereocenters. The van der Waals surface area contributed by atoms with Crippen LogP contribution in [0.15, 0.2) is 23.1 Å².